The first-order chi connectivity index (χ1) is 14.6. The molecule has 1 fully saturated rings. The van der Waals surface area contributed by atoms with E-state index in [0.29, 0.717) is 44.5 Å². The molecule has 1 saturated heterocycles. The van der Waals surface area contributed by atoms with Crippen molar-refractivity contribution in [3.63, 3.8) is 0 Å². The molecule has 0 saturated carbocycles. The van der Waals surface area contributed by atoms with Gasteiger partial charge in [0.1, 0.15) is 18.1 Å². The average molecular weight is 541 g/mol. The van der Waals surface area contributed by atoms with Gasteiger partial charge in [-0.15, -0.1) is 24.0 Å². The third-order valence-corrected chi connectivity index (χ3v) is 5.03. The van der Waals surface area contributed by atoms with Gasteiger partial charge in [0.2, 0.25) is 11.8 Å². The summed E-state index contributed by atoms with van der Waals surface area (Å²) in [4.78, 5) is 29.9. The highest BCUT2D eigenvalue weighted by molar-refractivity contribution is 14.0. The van der Waals surface area contributed by atoms with Gasteiger partial charge in [-0.25, -0.2) is 15.0 Å². The number of aliphatic imine (C=N–C) groups is 1. The van der Waals surface area contributed by atoms with Gasteiger partial charge in [0.15, 0.2) is 5.96 Å². The molecule has 170 valence electrons. The zero-order chi connectivity index (χ0) is 21.3. The Labute approximate surface area is 200 Å². The third-order valence-electron chi connectivity index (χ3n) is 5.03. The van der Waals surface area contributed by atoms with E-state index in [2.05, 4.69) is 30.5 Å². The molecule has 1 aliphatic heterocycles. The summed E-state index contributed by atoms with van der Waals surface area (Å²) in [7, 11) is 0. The minimum atomic E-state index is 0. The van der Waals surface area contributed by atoms with E-state index < -0.39 is 0 Å². The van der Waals surface area contributed by atoms with Crippen LogP contribution in [0.3, 0.4) is 0 Å². The average Bonchev–Trinajstić information content (AvgIpc) is 3.10. The summed E-state index contributed by atoms with van der Waals surface area (Å²) in [5.41, 5.74) is 0.881. The highest BCUT2D eigenvalue weighted by Gasteiger charge is 2.21. The van der Waals surface area contributed by atoms with Gasteiger partial charge >= 0.3 is 0 Å². The Hall–Kier alpha value is -2.37. The van der Waals surface area contributed by atoms with Crippen LogP contribution in [0.25, 0.3) is 0 Å². The molecular formula is C21H32IN7O2. The maximum Gasteiger partial charge on any atom is 0.224 e. The van der Waals surface area contributed by atoms with Gasteiger partial charge in [-0.3, -0.25) is 4.79 Å². The Morgan fingerprint density at radius 2 is 1.97 bits per heavy atom. The van der Waals surface area contributed by atoms with Gasteiger partial charge in [0.25, 0.3) is 0 Å². The summed E-state index contributed by atoms with van der Waals surface area (Å²) in [6.07, 6.45) is 2.22. The number of amides is 1. The number of halogens is 1. The highest BCUT2D eigenvalue weighted by Crippen LogP contribution is 2.13. The van der Waals surface area contributed by atoms with Crippen LogP contribution in [0.1, 0.15) is 30.7 Å². The molecule has 31 heavy (non-hydrogen) atoms. The lowest BCUT2D eigenvalue weighted by Crippen LogP contribution is -2.49. The molecule has 2 aromatic rings. The van der Waals surface area contributed by atoms with Crippen LogP contribution >= 0.6 is 24.0 Å². The Morgan fingerprint density at radius 1 is 1.19 bits per heavy atom. The van der Waals surface area contributed by atoms with Crippen LogP contribution in [0.15, 0.2) is 33.8 Å². The van der Waals surface area contributed by atoms with Crippen molar-refractivity contribution >= 4 is 41.7 Å². The zero-order valence-corrected chi connectivity index (χ0v) is 20.8. The molecule has 3 rings (SSSR count). The van der Waals surface area contributed by atoms with E-state index in [9.17, 15) is 4.79 Å². The maximum atomic E-state index is 12.6. The Bertz CT molecular complexity index is 829. The standard InChI is InChI=1S/C21H31N7O2.HI/c1-4-22-21(25-15-19-26-16(2)17(3)30-19)24-10-8-20(29)28-13-11-27(12-14-28)18-7-5-6-9-23-18;/h5-7,9H,4,8,10-15H2,1-3H3,(H2,22,24,25);1H. The molecule has 0 bridgehead atoms. The van der Waals surface area contributed by atoms with Crippen molar-refractivity contribution in [3.8, 4) is 0 Å². The smallest absolute Gasteiger partial charge is 0.224 e. The van der Waals surface area contributed by atoms with E-state index in [-0.39, 0.29) is 29.9 Å². The lowest BCUT2D eigenvalue weighted by molar-refractivity contribution is -0.131. The number of carbonyl (C=O) groups is 1. The number of carbonyl (C=O) groups excluding carboxylic acids is 1. The van der Waals surface area contributed by atoms with E-state index in [1.54, 1.807) is 6.20 Å². The number of aromatic nitrogens is 2. The minimum Gasteiger partial charge on any atom is -0.444 e. The van der Waals surface area contributed by atoms with E-state index in [0.717, 1.165) is 36.9 Å². The van der Waals surface area contributed by atoms with Crippen LogP contribution in [0.5, 0.6) is 0 Å². The number of anilines is 1. The predicted molar refractivity (Wildman–Crippen MR) is 132 cm³/mol. The SMILES string of the molecule is CCNC(=NCc1nc(C)c(C)o1)NCCC(=O)N1CCN(c2ccccn2)CC1.I. The highest BCUT2D eigenvalue weighted by atomic mass is 127. The molecule has 2 aromatic heterocycles. The van der Waals surface area contributed by atoms with Crippen molar-refractivity contribution in [1.29, 1.82) is 0 Å². The number of pyridine rings is 1. The molecule has 2 N–H and O–H groups in total. The van der Waals surface area contributed by atoms with Crippen molar-refractivity contribution in [2.24, 2.45) is 4.99 Å². The first-order valence-electron chi connectivity index (χ1n) is 10.5. The van der Waals surface area contributed by atoms with Crippen molar-refractivity contribution < 1.29 is 9.21 Å². The van der Waals surface area contributed by atoms with Crippen molar-refractivity contribution in [1.82, 2.24) is 25.5 Å². The molecule has 0 unspecified atom stereocenters. The van der Waals surface area contributed by atoms with Crippen LogP contribution in [-0.2, 0) is 11.3 Å². The lowest BCUT2D eigenvalue weighted by Gasteiger charge is -2.35. The number of nitrogens with zero attached hydrogens (tertiary/aromatic N) is 5. The molecule has 0 aromatic carbocycles. The summed E-state index contributed by atoms with van der Waals surface area (Å²) in [5.74, 6) is 3.17. The van der Waals surface area contributed by atoms with Crippen LogP contribution in [0, 0.1) is 13.8 Å². The van der Waals surface area contributed by atoms with Gasteiger partial charge in [0.05, 0.1) is 5.69 Å². The molecule has 3 heterocycles. The number of hydrogen-bond acceptors (Lipinski definition) is 6. The normalized spacial score (nSPS) is 14.2. The first kappa shape index (κ1) is 24.9. The second-order valence-electron chi connectivity index (χ2n) is 7.18. The molecule has 9 nitrogen and oxygen atoms in total. The van der Waals surface area contributed by atoms with Gasteiger partial charge in [-0.05, 0) is 32.9 Å². The molecule has 10 heteroatoms. The van der Waals surface area contributed by atoms with E-state index in [1.807, 2.05) is 43.9 Å². The summed E-state index contributed by atoms with van der Waals surface area (Å²) in [6.45, 7) is 10.4. The Balaban J connectivity index is 0.00000341. The molecule has 0 radical (unpaired) electrons. The third kappa shape index (κ3) is 7.37. The quantitative estimate of drug-likeness (QED) is 0.315. The molecule has 1 aliphatic rings. The van der Waals surface area contributed by atoms with E-state index in [4.69, 9.17) is 4.42 Å². The molecule has 0 spiro atoms. The van der Waals surface area contributed by atoms with Crippen LogP contribution in [0.4, 0.5) is 5.82 Å². The summed E-state index contributed by atoms with van der Waals surface area (Å²) in [5, 5.41) is 6.40. The largest absolute Gasteiger partial charge is 0.444 e. The molecular weight excluding hydrogens is 509 g/mol. The van der Waals surface area contributed by atoms with E-state index >= 15 is 0 Å². The molecule has 1 amide bonds. The van der Waals surface area contributed by atoms with Gasteiger partial charge in [-0.2, -0.15) is 0 Å². The Kier molecular flexibility index (Phi) is 10.0. The summed E-state index contributed by atoms with van der Waals surface area (Å²) >= 11 is 0. The number of oxazole rings is 1. The van der Waals surface area contributed by atoms with Crippen molar-refractivity contribution in [2.45, 2.75) is 33.7 Å². The number of hydrogen-bond donors (Lipinski definition) is 2. The second kappa shape index (κ2) is 12.5. The van der Waals surface area contributed by atoms with E-state index in [1.165, 1.54) is 0 Å². The topological polar surface area (TPSA) is 98.9 Å². The fraction of sp³-hybridized carbons (Fsp3) is 0.524. The molecule has 0 aliphatic carbocycles. The monoisotopic (exact) mass is 541 g/mol. The fourth-order valence-corrected chi connectivity index (χ4v) is 3.27. The van der Waals surface area contributed by atoms with Crippen LogP contribution in [0.2, 0.25) is 0 Å². The van der Waals surface area contributed by atoms with Crippen LogP contribution in [-0.4, -0.2) is 66.0 Å². The maximum absolute atomic E-state index is 12.6. The number of aryl methyl sites for hydroxylation is 2. The zero-order valence-electron chi connectivity index (χ0n) is 18.4. The van der Waals surface area contributed by atoms with Crippen LogP contribution < -0.4 is 15.5 Å². The summed E-state index contributed by atoms with van der Waals surface area (Å²) in [6, 6.07) is 5.90. The number of piperazine rings is 1. The molecule has 0 atom stereocenters. The van der Waals surface area contributed by atoms with Gasteiger partial charge < -0.3 is 24.9 Å². The predicted octanol–water partition coefficient (Wildman–Crippen LogP) is 2.10. The number of guanidine groups is 1. The van der Waals surface area contributed by atoms with Crippen molar-refractivity contribution in [3.05, 3.63) is 41.7 Å². The second-order valence-corrected chi connectivity index (χ2v) is 7.18. The Morgan fingerprint density at radius 3 is 2.58 bits per heavy atom. The summed E-state index contributed by atoms with van der Waals surface area (Å²) < 4.78 is 5.56. The lowest BCUT2D eigenvalue weighted by atomic mass is 10.2. The number of rotatable bonds is 7. The number of nitrogens with one attached hydrogen (secondary N) is 2. The first-order valence-corrected chi connectivity index (χ1v) is 10.5. The van der Waals surface area contributed by atoms with Gasteiger partial charge in [-0.1, -0.05) is 6.07 Å². The van der Waals surface area contributed by atoms with Gasteiger partial charge in [0, 0.05) is 51.9 Å². The minimum absolute atomic E-state index is 0. The van der Waals surface area contributed by atoms with Crippen molar-refractivity contribution in [2.75, 3.05) is 44.2 Å². The fourth-order valence-electron chi connectivity index (χ4n) is 3.27.